The topological polar surface area (TPSA) is 88.8 Å². The summed E-state index contributed by atoms with van der Waals surface area (Å²) in [6, 6.07) is 3.25. The maximum atomic E-state index is 11.9. The van der Waals surface area contributed by atoms with Gasteiger partial charge in [0.15, 0.2) is 10.3 Å². The molecule has 20 heavy (non-hydrogen) atoms. The minimum Gasteiger partial charge on any atom is -0.267 e. The molecule has 0 aliphatic carbocycles. The van der Waals surface area contributed by atoms with E-state index < -0.39 is 0 Å². The maximum absolute atomic E-state index is 11.9. The summed E-state index contributed by atoms with van der Waals surface area (Å²) in [5.41, 5.74) is 0.485. The van der Waals surface area contributed by atoms with E-state index in [1.807, 2.05) is 6.26 Å². The minimum absolute atomic E-state index is 0.174. The van der Waals surface area contributed by atoms with E-state index in [1.54, 1.807) is 18.5 Å². The number of nitrogens with one attached hydrogen (secondary N) is 1. The first-order chi connectivity index (χ1) is 9.76. The van der Waals surface area contributed by atoms with Crippen LogP contribution in [-0.4, -0.2) is 35.8 Å². The highest BCUT2D eigenvalue weighted by Gasteiger charge is 2.08. The molecule has 0 saturated heterocycles. The molecule has 0 aliphatic heterocycles. The maximum Gasteiger partial charge on any atom is 0.274 e. The van der Waals surface area contributed by atoms with E-state index in [1.165, 1.54) is 34.1 Å². The Morgan fingerprint density at radius 3 is 2.85 bits per heavy atom. The number of aromatic nitrogens is 6. The molecule has 9 heteroatoms. The molecule has 0 spiro atoms. The van der Waals surface area contributed by atoms with E-state index in [-0.39, 0.29) is 5.56 Å². The summed E-state index contributed by atoms with van der Waals surface area (Å²) in [6.45, 7) is 0. The third kappa shape index (κ3) is 2.68. The molecule has 3 aromatic heterocycles. The van der Waals surface area contributed by atoms with Crippen molar-refractivity contribution in [2.45, 2.75) is 16.1 Å². The van der Waals surface area contributed by atoms with Gasteiger partial charge in [0.2, 0.25) is 0 Å². The van der Waals surface area contributed by atoms with Gasteiger partial charge in [0.1, 0.15) is 0 Å². The normalized spacial score (nSPS) is 11.1. The van der Waals surface area contributed by atoms with Crippen molar-refractivity contribution in [1.82, 2.24) is 29.5 Å². The Hall–Kier alpha value is -1.87. The first-order valence-electron chi connectivity index (χ1n) is 5.69. The van der Waals surface area contributed by atoms with Gasteiger partial charge < -0.3 is 0 Å². The molecule has 0 aromatic carbocycles. The average molecular weight is 306 g/mol. The van der Waals surface area contributed by atoms with Crippen LogP contribution in [0.2, 0.25) is 0 Å². The summed E-state index contributed by atoms with van der Waals surface area (Å²) in [5, 5.41) is 4.19. The van der Waals surface area contributed by atoms with Gasteiger partial charge in [-0.2, -0.15) is 9.50 Å². The molecule has 0 atom stereocenters. The van der Waals surface area contributed by atoms with Crippen LogP contribution in [0.15, 0.2) is 39.6 Å². The van der Waals surface area contributed by atoms with E-state index in [2.05, 4.69) is 25.0 Å². The highest BCUT2D eigenvalue weighted by molar-refractivity contribution is 7.98. The minimum atomic E-state index is -0.174. The number of hydrogen-bond acceptors (Lipinski definition) is 7. The standard InChI is InChI=1S/C11H10N6OS2/c1-19-11-15-9-14-7(5-8(18)17(9)16-11)6-20-10-12-3-2-4-13-10/h2-5H,6H2,1H3,(H,14,15,16). The van der Waals surface area contributed by atoms with Crippen LogP contribution < -0.4 is 5.56 Å². The lowest BCUT2D eigenvalue weighted by molar-refractivity contribution is 0.845. The predicted molar refractivity (Wildman–Crippen MR) is 77.0 cm³/mol. The van der Waals surface area contributed by atoms with Gasteiger partial charge in [-0.1, -0.05) is 23.5 Å². The van der Waals surface area contributed by atoms with Gasteiger partial charge in [-0.25, -0.2) is 15.0 Å². The Bertz CT molecular complexity index is 784. The molecule has 1 N–H and O–H groups in total. The largest absolute Gasteiger partial charge is 0.274 e. The molecule has 0 fully saturated rings. The lowest BCUT2D eigenvalue weighted by Gasteiger charge is -1.99. The highest BCUT2D eigenvalue weighted by Crippen LogP contribution is 2.16. The second kappa shape index (κ2) is 5.63. The Morgan fingerprint density at radius 2 is 2.10 bits per heavy atom. The molecular weight excluding hydrogens is 296 g/mol. The van der Waals surface area contributed by atoms with E-state index in [0.717, 1.165) is 0 Å². The van der Waals surface area contributed by atoms with Crippen LogP contribution in [0.5, 0.6) is 0 Å². The Kier molecular flexibility index (Phi) is 3.70. The van der Waals surface area contributed by atoms with Gasteiger partial charge in [-0.3, -0.25) is 9.89 Å². The summed E-state index contributed by atoms with van der Waals surface area (Å²) < 4.78 is 1.33. The van der Waals surface area contributed by atoms with Crippen LogP contribution in [0.4, 0.5) is 0 Å². The van der Waals surface area contributed by atoms with Gasteiger partial charge in [-0.15, -0.1) is 0 Å². The highest BCUT2D eigenvalue weighted by atomic mass is 32.2. The third-order valence-corrected chi connectivity index (χ3v) is 3.93. The Balaban J connectivity index is 1.87. The fourth-order valence-electron chi connectivity index (χ4n) is 1.57. The van der Waals surface area contributed by atoms with Crippen molar-refractivity contribution < 1.29 is 0 Å². The van der Waals surface area contributed by atoms with Gasteiger partial charge in [-0.05, 0) is 12.3 Å². The lowest BCUT2D eigenvalue weighted by Crippen LogP contribution is -2.15. The SMILES string of the molecule is CSc1nc2nc(CSc3ncccn3)cc(=O)n2[nH]1. The monoisotopic (exact) mass is 306 g/mol. The molecule has 0 bridgehead atoms. The van der Waals surface area contributed by atoms with E-state index in [9.17, 15) is 4.79 Å². The lowest BCUT2D eigenvalue weighted by atomic mass is 10.4. The Labute approximate surface area is 122 Å². The number of fused-ring (bicyclic) bond motifs is 1. The van der Waals surface area contributed by atoms with Crippen LogP contribution >= 0.6 is 23.5 Å². The first kappa shape index (κ1) is 13.1. The zero-order valence-corrected chi connectivity index (χ0v) is 12.1. The van der Waals surface area contributed by atoms with Crippen molar-refractivity contribution in [2.75, 3.05) is 6.26 Å². The summed E-state index contributed by atoms with van der Waals surface area (Å²) in [4.78, 5) is 28.7. The number of H-pyrrole nitrogens is 1. The van der Waals surface area contributed by atoms with Gasteiger partial charge in [0, 0.05) is 24.2 Å². The molecule has 0 unspecified atom stereocenters. The zero-order valence-electron chi connectivity index (χ0n) is 10.5. The molecule has 3 aromatic rings. The first-order valence-corrected chi connectivity index (χ1v) is 7.90. The van der Waals surface area contributed by atoms with Crippen LogP contribution in [0.3, 0.4) is 0 Å². The van der Waals surface area contributed by atoms with Crippen LogP contribution in [-0.2, 0) is 5.75 Å². The predicted octanol–water partition coefficient (Wildman–Crippen LogP) is 1.22. The molecule has 0 amide bonds. The van der Waals surface area contributed by atoms with Crippen molar-refractivity contribution in [3.63, 3.8) is 0 Å². The van der Waals surface area contributed by atoms with Crippen molar-refractivity contribution in [3.05, 3.63) is 40.6 Å². The summed E-state index contributed by atoms with van der Waals surface area (Å²) in [6.07, 6.45) is 5.24. The molecular formula is C11H10N6OS2. The number of nitrogens with zero attached hydrogens (tertiary/aromatic N) is 5. The van der Waals surface area contributed by atoms with Gasteiger partial charge >= 0.3 is 0 Å². The molecule has 0 saturated carbocycles. The third-order valence-electron chi connectivity index (χ3n) is 2.45. The molecule has 7 nitrogen and oxygen atoms in total. The number of thioether (sulfide) groups is 2. The van der Waals surface area contributed by atoms with Crippen LogP contribution in [0.1, 0.15) is 5.69 Å². The van der Waals surface area contributed by atoms with E-state index >= 15 is 0 Å². The van der Waals surface area contributed by atoms with E-state index in [4.69, 9.17) is 0 Å². The summed E-state index contributed by atoms with van der Waals surface area (Å²) >= 11 is 2.86. The number of aromatic amines is 1. The molecule has 0 aliphatic rings. The number of rotatable bonds is 4. The van der Waals surface area contributed by atoms with E-state index in [0.29, 0.717) is 27.5 Å². The Morgan fingerprint density at radius 1 is 1.30 bits per heavy atom. The van der Waals surface area contributed by atoms with Crippen molar-refractivity contribution >= 4 is 29.3 Å². The molecule has 0 radical (unpaired) electrons. The summed E-state index contributed by atoms with van der Waals surface area (Å²) in [7, 11) is 0. The fraction of sp³-hybridized carbons (Fsp3) is 0.182. The average Bonchev–Trinajstić information content (AvgIpc) is 2.90. The molecule has 3 rings (SSSR count). The fourth-order valence-corrected chi connectivity index (χ4v) is 2.62. The second-order valence-electron chi connectivity index (χ2n) is 3.77. The van der Waals surface area contributed by atoms with Gasteiger partial charge in [0.05, 0.1) is 5.69 Å². The van der Waals surface area contributed by atoms with Gasteiger partial charge in [0.25, 0.3) is 11.3 Å². The molecule has 102 valence electrons. The smallest absolute Gasteiger partial charge is 0.267 e. The van der Waals surface area contributed by atoms with Crippen molar-refractivity contribution in [1.29, 1.82) is 0 Å². The quantitative estimate of drug-likeness (QED) is 0.572. The van der Waals surface area contributed by atoms with Crippen molar-refractivity contribution in [2.24, 2.45) is 0 Å². The zero-order chi connectivity index (χ0) is 13.9. The van der Waals surface area contributed by atoms with Crippen LogP contribution in [0.25, 0.3) is 5.78 Å². The second-order valence-corrected chi connectivity index (χ2v) is 5.51. The van der Waals surface area contributed by atoms with Crippen LogP contribution in [0, 0.1) is 0 Å². The number of hydrogen-bond donors (Lipinski definition) is 1. The summed E-state index contributed by atoms with van der Waals surface area (Å²) in [5.74, 6) is 0.906. The molecule has 3 heterocycles. The van der Waals surface area contributed by atoms with Crippen molar-refractivity contribution in [3.8, 4) is 0 Å².